The number of benzene rings is 2. The zero-order chi connectivity index (χ0) is 24.0. The minimum atomic E-state index is -1.73. The fourth-order valence-corrected chi connectivity index (χ4v) is 3.63. The number of aliphatic hydroxyl groups excluding tert-OH is 2. The number of esters is 1. The number of unbranched alkanes of at least 4 members (excludes halogenated alkanes) is 1. The van der Waals surface area contributed by atoms with Crippen LogP contribution in [0, 0.1) is 0 Å². The third-order valence-electron chi connectivity index (χ3n) is 5.19. The molecule has 0 saturated heterocycles. The maximum absolute atomic E-state index is 13.8. The van der Waals surface area contributed by atoms with Gasteiger partial charge in [0.05, 0.1) is 18.3 Å². The fourth-order valence-electron chi connectivity index (χ4n) is 3.63. The number of rotatable bonds is 10. The van der Waals surface area contributed by atoms with E-state index >= 15 is 0 Å². The first kappa shape index (κ1) is 25.6. The van der Waals surface area contributed by atoms with Crippen molar-refractivity contribution in [1.29, 1.82) is 0 Å². The van der Waals surface area contributed by atoms with Crippen molar-refractivity contribution in [3.05, 3.63) is 35.9 Å². The van der Waals surface area contributed by atoms with Crippen LogP contribution >= 0.6 is 0 Å². The first-order valence-electron chi connectivity index (χ1n) is 11.2. The van der Waals surface area contributed by atoms with Crippen molar-refractivity contribution in [2.24, 2.45) is 0 Å². The monoisotopic (exact) mass is 445 g/mol. The zero-order valence-electron chi connectivity index (χ0n) is 19.8. The molecule has 7 nitrogen and oxygen atoms in total. The molecule has 0 spiro atoms. The van der Waals surface area contributed by atoms with E-state index in [1.54, 1.807) is 17.0 Å². The molecule has 7 heteroatoms. The number of nitrogens with zero attached hydrogens (tertiary/aromatic N) is 1. The normalized spacial score (nSPS) is 13.3. The molecule has 176 valence electrons. The number of hydrogen-bond donors (Lipinski definition) is 2. The standard InChI is InChI=1S/C25H35NO6/c1-7-8-14-31-19-11-9-10-18-12-13-20(32-25(30)23(28)17(6)27)22(21(18)19)24(29)26(15(2)3)16(4)5/h9-13,15-17,23,27-28H,7-8,14H2,1-6H3. The van der Waals surface area contributed by atoms with Gasteiger partial charge in [0, 0.05) is 17.5 Å². The van der Waals surface area contributed by atoms with Crippen LogP contribution in [-0.4, -0.2) is 57.9 Å². The highest BCUT2D eigenvalue weighted by Crippen LogP contribution is 2.36. The quantitative estimate of drug-likeness (QED) is 0.327. The molecule has 0 aliphatic heterocycles. The van der Waals surface area contributed by atoms with Crippen molar-refractivity contribution < 1.29 is 29.3 Å². The first-order chi connectivity index (χ1) is 15.1. The summed E-state index contributed by atoms with van der Waals surface area (Å²) in [5, 5.41) is 20.8. The lowest BCUT2D eigenvalue weighted by Gasteiger charge is -2.32. The minimum Gasteiger partial charge on any atom is -0.493 e. The van der Waals surface area contributed by atoms with Gasteiger partial charge in [-0.2, -0.15) is 0 Å². The summed E-state index contributed by atoms with van der Waals surface area (Å²) >= 11 is 0. The summed E-state index contributed by atoms with van der Waals surface area (Å²) < 4.78 is 11.4. The molecule has 0 aromatic heterocycles. The molecule has 2 aromatic rings. The van der Waals surface area contributed by atoms with Crippen LogP contribution in [0.25, 0.3) is 10.8 Å². The molecule has 32 heavy (non-hydrogen) atoms. The maximum atomic E-state index is 13.8. The molecular formula is C25H35NO6. The number of carbonyl (C=O) groups is 2. The molecule has 2 N–H and O–H groups in total. The Balaban J connectivity index is 2.71. The number of hydrogen-bond acceptors (Lipinski definition) is 6. The molecule has 2 atom stereocenters. The van der Waals surface area contributed by atoms with Gasteiger partial charge >= 0.3 is 5.97 Å². The van der Waals surface area contributed by atoms with Crippen molar-refractivity contribution in [2.75, 3.05) is 6.61 Å². The van der Waals surface area contributed by atoms with Gasteiger partial charge in [0.15, 0.2) is 6.10 Å². The maximum Gasteiger partial charge on any atom is 0.343 e. The van der Waals surface area contributed by atoms with Crippen LogP contribution in [0.15, 0.2) is 30.3 Å². The first-order valence-corrected chi connectivity index (χ1v) is 11.2. The van der Waals surface area contributed by atoms with E-state index in [-0.39, 0.29) is 29.3 Å². The minimum absolute atomic E-state index is 0.0186. The molecule has 0 heterocycles. The molecule has 2 unspecified atom stereocenters. The van der Waals surface area contributed by atoms with Gasteiger partial charge in [0.1, 0.15) is 11.5 Å². The van der Waals surface area contributed by atoms with E-state index < -0.39 is 18.2 Å². The lowest BCUT2D eigenvalue weighted by Crippen LogP contribution is -2.42. The second-order valence-corrected chi connectivity index (χ2v) is 8.50. The largest absolute Gasteiger partial charge is 0.493 e. The Morgan fingerprint density at radius 1 is 0.969 bits per heavy atom. The molecular weight excluding hydrogens is 410 g/mol. The van der Waals surface area contributed by atoms with Crippen molar-refractivity contribution in [3.8, 4) is 11.5 Å². The summed E-state index contributed by atoms with van der Waals surface area (Å²) in [6, 6.07) is 8.59. The molecule has 0 aliphatic carbocycles. The molecule has 0 aliphatic rings. The predicted molar refractivity (Wildman–Crippen MR) is 124 cm³/mol. The molecule has 1 amide bonds. The van der Waals surface area contributed by atoms with E-state index in [0.29, 0.717) is 17.7 Å². The van der Waals surface area contributed by atoms with Crippen molar-refractivity contribution in [2.45, 2.75) is 78.7 Å². The van der Waals surface area contributed by atoms with Gasteiger partial charge in [-0.3, -0.25) is 4.79 Å². The average Bonchev–Trinajstić information content (AvgIpc) is 2.72. The highest BCUT2D eigenvalue weighted by atomic mass is 16.6. The summed E-state index contributed by atoms with van der Waals surface area (Å²) in [6.07, 6.45) is -1.21. The van der Waals surface area contributed by atoms with Crippen molar-refractivity contribution >= 4 is 22.6 Å². The highest BCUT2D eigenvalue weighted by molar-refractivity contribution is 6.12. The fraction of sp³-hybridized carbons (Fsp3) is 0.520. The van der Waals surface area contributed by atoms with Gasteiger partial charge in [-0.05, 0) is 58.6 Å². The SMILES string of the molecule is CCCCOc1cccc2ccc(OC(=O)C(O)C(C)O)c(C(=O)N(C(C)C)C(C)C)c12. The van der Waals surface area contributed by atoms with Crippen LogP contribution in [-0.2, 0) is 4.79 Å². The Morgan fingerprint density at radius 3 is 2.19 bits per heavy atom. The van der Waals surface area contributed by atoms with E-state index in [1.807, 2.05) is 39.8 Å². The van der Waals surface area contributed by atoms with Gasteiger partial charge in [-0.1, -0.05) is 31.5 Å². The van der Waals surface area contributed by atoms with Crippen LogP contribution < -0.4 is 9.47 Å². The molecule has 0 saturated carbocycles. The number of ether oxygens (including phenoxy) is 2. The van der Waals surface area contributed by atoms with Gasteiger partial charge < -0.3 is 24.6 Å². The molecule has 2 aromatic carbocycles. The smallest absolute Gasteiger partial charge is 0.343 e. The van der Waals surface area contributed by atoms with Crippen LogP contribution in [0.2, 0.25) is 0 Å². The Bertz CT molecular complexity index is 929. The van der Waals surface area contributed by atoms with E-state index in [2.05, 4.69) is 6.92 Å². The lowest BCUT2D eigenvalue weighted by atomic mass is 10.00. The number of aliphatic hydroxyl groups is 2. The Kier molecular flexibility index (Phi) is 9.04. The van der Waals surface area contributed by atoms with Crippen LogP contribution in [0.4, 0.5) is 0 Å². The second kappa shape index (κ2) is 11.3. The van der Waals surface area contributed by atoms with Crippen molar-refractivity contribution in [3.63, 3.8) is 0 Å². The molecule has 2 rings (SSSR count). The third-order valence-corrected chi connectivity index (χ3v) is 5.19. The van der Waals surface area contributed by atoms with E-state index in [4.69, 9.17) is 9.47 Å². The van der Waals surface area contributed by atoms with Crippen LogP contribution in [0.5, 0.6) is 11.5 Å². The summed E-state index contributed by atoms with van der Waals surface area (Å²) in [5.74, 6) is -0.786. The van der Waals surface area contributed by atoms with Gasteiger partial charge in [0.25, 0.3) is 5.91 Å². The van der Waals surface area contributed by atoms with E-state index in [0.717, 1.165) is 18.2 Å². The van der Waals surface area contributed by atoms with E-state index in [1.165, 1.54) is 13.0 Å². The highest BCUT2D eigenvalue weighted by Gasteiger charge is 2.30. The summed E-state index contributed by atoms with van der Waals surface area (Å²) in [4.78, 5) is 27.9. The Labute approximate surface area is 189 Å². The lowest BCUT2D eigenvalue weighted by molar-refractivity contribution is -0.149. The molecule has 0 bridgehead atoms. The van der Waals surface area contributed by atoms with Gasteiger partial charge in [0.2, 0.25) is 0 Å². The number of carbonyl (C=O) groups excluding carboxylic acids is 2. The third kappa shape index (κ3) is 5.78. The average molecular weight is 446 g/mol. The van der Waals surface area contributed by atoms with Gasteiger partial charge in [-0.25, -0.2) is 4.79 Å². The summed E-state index contributed by atoms with van der Waals surface area (Å²) in [5.41, 5.74) is 0.197. The number of amides is 1. The summed E-state index contributed by atoms with van der Waals surface area (Å²) in [6.45, 7) is 11.5. The molecule has 0 radical (unpaired) electrons. The van der Waals surface area contributed by atoms with Crippen LogP contribution in [0.1, 0.15) is 64.7 Å². The number of fused-ring (bicyclic) bond motifs is 1. The Hall–Kier alpha value is -2.64. The topological polar surface area (TPSA) is 96.3 Å². The van der Waals surface area contributed by atoms with Crippen molar-refractivity contribution in [1.82, 2.24) is 4.90 Å². The molecule has 0 fully saturated rings. The van der Waals surface area contributed by atoms with E-state index in [9.17, 15) is 19.8 Å². The Morgan fingerprint density at radius 2 is 1.62 bits per heavy atom. The summed E-state index contributed by atoms with van der Waals surface area (Å²) in [7, 11) is 0. The predicted octanol–water partition coefficient (Wildman–Crippen LogP) is 3.92. The van der Waals surface area contributed by atoms with Gasteiger partial charge in [-0.15, -0.1) is 0 Å². The van der Waals surface area contributed by atoms with Crippen LogP contribution in [0.3, 0.4) is 0 Å². The second-order valence-electron chi connectivity index (χ2n) is 8.50. The zero-order valence-corrected chi connectivity index (χ0v) is 19.8.